The van der Waals surface area contributed by atoms with Crippen LogP contribution < -0.4 is 5.32 Å². The summed E-state index contributed by atoms with van der Waals surface area (Å²) in [6.07, 6.45) is -4.50. The molecule has 1 aromatic carbocycles. The van der Waals surface area contributed by atoms with Crippen LogP contribution in [-0.4, -0.2) is 24.0 Å². The molecule has 5 nitrogen and oxygen atoms in total. The summed E-state index contributed by atoms with van der Waals surface area (Å²) in [6, 6.07) is 5.41. The predicted molar refractivity (Wildman–Crippen MR) is 78.7 cm³/mol. The van der Waals surface area contributed by atoms with Crippen molar-refractivity contribution in [1.82, 2.24) is 5.32 Å². The minimum Gasteiger partial charge on any atom is -0.452 e. The number of carbonyl (C=O) groups excluding carboxylic acids is 2. The number of nitrogens with one attached hydrogen (secondary N) is 1. The number of nitrogens with zero attached hydrogens (tertiary/aromatic N) is 1. The molecule has 0 aliphatic rings. The highest BCUT2D eigenvalue weighted by Gasteiger charge is 2.31. The van der Waals surface area contributed by atoms with E-state index in [4.69, 9.17) is 10.00 Å². The van der Waals surface area contributed by atoms with Crippen LogP contribution in [0.1, 0.15) is 36.7 Å². The summed E-state index contributed by atoms with van der Waals surface area (Å²) < 4.78 is 42.1. The first kappa shape index (κ1) is 19.5. The molecule has 1 amide bonds. The maximum Gasteiger partial charge on any atom is 0.416 e. The molecule has 24 heavy (non-hydrogen) atoms. The number of amides is 1. The summed E-state index contributed by atoms with van der Waals surface area (Å²) in [5.41, 5.74) is -2.11. The number of hydrogen-bond acceptors (Lipinski definition) is 4. The monoisotopic (exact) mass is 342 g/mol. The van der Waals surface area contributed by atoms with Crippen molar-refractivity contribution in [1.29, 1.82) is 5.26 Å². The minimum absolute atomic E-state index is 0.109. The molecule has 0 aliphatic carbocycles. The smallest absolute Gasteiger partial charge is 0.416 e. The molecular weight excluding hydrogens is 325 g/mol. The van der Waals surface area contributed by atoms with Crippen LogP contribution in [0.3, 0.4) is 0 Å². The fourth-order valence-corrected chi connectivity index (χ4v) is 1.64. The lowest BCUT2D eigenvalue weighted by Crippen LogP contribution is -2.50. The van der Waals surface area contributed by atoms with Crippen LogP contribution in [0.25, 0.3) is 0 Å². The van der Waals surface area contributed by atoms with Gasteiger partial charge in [0.15, 0.2) is 6.61 Å². The highest BCUT2D eigenvalue weighted by molar-refractivity contribution is 5.91. The summed E-state index contributed by atoms with van der Waals surface area (Å²) in [5.74, 6) is -1.77. The number of rotatable bonds is 5. The minimum atomic E-state index is -4.50. The van der Waals surface area contributed by atoms with Gasteiger partial charge in [0.25, 0.3) is 5.91 Å². The SMILES string of the molecule is CC(C)[C@](C)(C#N)NC(=O)COC(=O)c1ccc(C(F)(F)F)cc1. The Morgan fingerprint density at radius 2 is 1.79 bits per heavy atom. The van der Waals surface area contributed by atoms with E-state index in [1.807, 2.05) is 6.07 Å². The van der Waals surface area contributed by atoms with Gasteiger partial charge in [0.1, 0.15) is 5.54 Å². The van der Waals surface area contributed by atoms with E-state index in [1.54, 1.807) is 13.8 Å². The van der Waals surface area contributed by atoms with Gasteiger partial charge < -0.3 is 10.1 Å². The molecule has 0 saturated heterocycles. The molecule has 0 bridgehead atoms. The molecule has 0 spiro atoms. The molecule has 1 N–H and O–H groups in total. The third-order valence-electron chi connectivity index (χ3n) is 3.57. The number of nitriles is 1. The van der Waals surface area contributed by atoms with Crippen molar-refractivity contribution in [3.05, 3.63) is 35.4 Å². The van der Waals surface area contributed by atoms with Crippen molar-refractivity contribution in [3.8, 4) is 6.07 Å². The van der Waals surface area contributed by atoms with E-state index >= 15 is 0 Å². The van der Waals surface area contributed by atoms with Crippen LogP contribution >= 0.6 is 0 Å². The van der Waals surface area contributed by atoms with Crippen LogP contribution in [0.5, 0.6) is 0 Å². The number of alkyl halides is 3. The van der Waals surface area contributed by atoms with E-state index in [2.05, 4.69) is 5.32 Å². The fourth-order valence-electron chi connectivity index (χ4n) is 1.64. The molecule has 1 rings (SSSR count). The molecule has 1 atom stereocenters. The summed E-state index contributed by atoms with van der Waals surface area (Å²) in [6.45, 7) is 4.40. The number of carbonyl (C=O) groups is 2. The molecule has 0 heterocycles. The molecule has 0 aromatic heterocycles. The Morgan fingerprint density at radius 3 is 2.21 bits per heavy atom. The van der Waals surface area contributed by atoms with E-state index in [9.17, 15) is 22.8 Å². The summed E-state index contributed by atoms with van der Waals surface area (Å²) >= 11 is 0. The maximum absolute atomic E-state index is 12.4. The molecule has 8 heteroatoms. The van der Waals surface area contributed by atoms with E-state index < -0.39 is 35.8 Å². The van der Waals surface area contributed by atoms with Crippen molar-refractivity contribution < 1.29 is 27.5 Å². The Morgan fingerprint density at radius 1 is 1.25 bits per heavy atom. The molecule has 0 unspecified atom stereocenters. The van der Waals surface area contributed by atoms with Crippen LogP contribution in [0.15, 0.2) is 24.3 Å². The topological polar surface area (TPSA) is 79.2 Å². The average Bonchev–Trinajstić information content (AvgIpc) is 2.51. The third-order valence-corrected chi connectivity index (χ3v) is 3.57. The zero-order valence-electron chi connectivity index (χ0n) is 13.4. The summed E-state index contributed by atoms with van der Waals surface area (Å²) in [7, 11) is 0. The lowest BCUT2D eigenvalue weighted by molar-refractivity contribution is -0.137. The standard InChI is InChI=1S/C16H17F3N2O3/c1-10(2)15(3,9-20)21-13(22)8-24-14(23)11-4-6-12(7-5-11)16(17,18)19/h4-7,10H,8H2,1-3H3,(H,21,22)/t15-/m0/s1. The maximum atomic E-state index is 12.4. The van der Waals surface area contributed by atoms with E-state index in [0.29, 0.717) is 0 Å². The van der Waals surface area contributed by atoms with Gasteiger partial charge in [-0.2, -0.15) is 18.4 Å². The third kappa shape index (κ3) is 4.98. The predicted octanol–water partition coefficient (Wildman–Crippen LogP) is 2.92. The van der Waals surface area contributed by atoms with Crippen molar-refractivity contribution in [2.45, 2.75) is 32.5 Å². The second-order valence-electron chi connectivity index (χ2n) is 5.67. The van der Waals surface area contributed by atoms with Crippen LogP contribution in [-0.2, 0) is 15.7 Å². The molecule has 0 fully saturated rings. The fraction of sp³-hybridized carbons (Fsp3) is 0.438. The summed E-state index contributed by atoms with van der Waals surface area (Å²) in [5, 5.41) is 11.5. The average molecular weight is 342 g/mol. The quantitative estimate of drug-likeness (QED) is 0.835. The number of esters is 1. The number of halogens is 3. The lowest BCUT2D eigenvalue weighted by atomic mass is 9.90. The van der Waals surface area contributed by atoms with Crippen molar-refractivity contribution in [2.24, 2.45) is 5.92 Å². The van der Waals surface area contributed by atoms with E-state index in [-0.39, 0.29) is 11.5 Å². The highest BCUT2D eigenvalue weighted by Crippen LogP contribution is 2.29. The molecular formula is C16H17F3N2O3. The first-order valence-corrected chi connectivity index (χ1v) is 7.06. The van der Waals surface area contributed by atoms with Gasteiger partial charge in [-0.1, -0.05) is 13.8 Å². The van der Waals surface area contributed by atoms with Gasteiger partial charge in [0, 0.05) is 0 Å². The van der Waals surface area contributed by atoms with E-state index in [0.717, 1.165) is 24.3 Å². The molecule has 0 aliphatic heterocycles. The molecule has 0 saturated carbocycles. The second-order valence-corrected chi connectivity index (χ2v) is 5.67. The van der Waals surface area contributed by atoms with Crippen molar-refractivity contribution in [3.63, 3.8) is 0 Å². The first-order chi connectivity index (χ1) is 11.0. The highest BCUT2D eigenvalue weighted by atomic mass is 19.4. The Labute approximate surface area is 137 Å². The zero-order chi connectivity index (χ0) is 18.5. The van der Waals surface area contributed by atoms with Crippen LogP contribution in [0.2, 0.25) is 0 Å². The Bertz CT molecular complexity index is 648. The van der Waals surface area contributed by atoms with Crippen LogP contribution in [0.4, 0.5) is 13.2 Å². The van der Waals surface area contributed by atoms with Gasteiger partial charge >= 0.3 is 12.1 Å². The Balaban J connectivity index is 2.63. The van der Waals surface area contributed by atoms with Crippen LogP contribution in [0, 0.1) is 17.2 Å². The van der Waals surface area contributed by atoms with Gasteiger partial charge in [-0.05, 0) is 37.1 Å². The van der Waals surface area contributed by atoms with Gasteiger partial charge in [-0.25, -0.2) is 4.79 Å². The zero-order valence-corrected chi connectivity index (χ0v) is 13.4. The first-order valence-electron chi connectivity index (χ1n) is 7.06. The van der Waals surface area contributed by atoms with Gasteiger partial charge in [0.05, 0.1) is 17.2 Å². The number of hydrogen-bond donors (Lipinski definition) is 1. The van der Waals surface area contributed by atoms with Crippen molar-refractivity contribution in [2.75, 3.05) is 6.61 Å². The normalized spacial score (nSPS) is 13.8. The van der Waals surface area contributed by atoms with Gasteiger partial charge in [-0.3, -0.25) is 4.79 Å². The van der Waals surface area contributed by atoms with Gasteiger partial charge in [0.2, 0.25) is 0 Å². The Kier molecular flexibility index (Phi) is 5.96. The largest absolute Gasteiger partial charge is 0.452 e. The number of benzene rings is 1. The molecule has 0 radical (unpaired) electrons. The number of ether oxygens (including phenoxy) is 1. The lowest BCUT2D eigenvalue weighted by Gasteiger charge is -2.27. The molecule has 1 aromatic rings. The summed E-state index contributed by atoms with van der Waals surface area (Å²) in [4.78, 5) is 23.5. The van der Waals surface area contributed by atoms with Gasteiger partial charge in [-0.15, -0.1) is 0 Å². The van der Waals surface area contributed by atoms with E-state index in [1.165, 1.54) is 6.92 Å². The Hall–Kier alpha value is -2.56. The second kappa shape index (κ2) is 7.34. The van der Waals surface area contributed by atoms with Crippen molar-refractivity contribution >= 4 is 11.9 Å². The molecule has 130 valence electrons.